The summed E-state index contributed by atoms with van der Waals surface area (Å²) in [5.41, 5.74) is 0.944. The molecule has 0 aliphatic carbocycles. The number of benzene rings is 2. The Labute approximate surface area is 226 Å². The number of nitriles is 1. The Bertz CT molecular complexity index is 1240. The van der Waals surface area contributed by atoms with Crippen LogP contribution in [0.3, 0.4) is 0 Å². The number of nitrogens with zero attached hydrogens (tertiary/aromatic N) is 1. The van der Waals surface area contributed by atoms with Gasteiger partial charge in [-0.15, -0.1) is 0 Å². The standard InChI is InChI=1S/C24H20Cl3N3O5S/c1-3-35-21-16(26)8-12(9-17(21)27)19-15(10-28)23(30-22(32)20(19)24(33)34-2)36-11-18(31)29-14-6-4-13(25)5-7-14/h4-9,19-20H,3,11H2,1-2H3,(H,29,31)(H,30,32)/t19-,20+/m0/s1. The van der Waals surface area contributed by atoms with Gasteiger partial charge in [0.05, 0.1) is 46.2 Å². The molecule has 3 rings (SSSR count). The second kappa shape index (κ2) is 12.4. The minimum Gasteiger partial charge on any atom is -0.491 e. The quantitative estimate of drug-likeness (QED) is 0.334. The van der Waals surface area contributed by atoms with Crippen LogP contribution in [0.25, 0.3) is 0 Å². The lowest BCUT2D eigenvalue weighted by Crippen LogP contribution is -2.44. The van der Waals surface area contributed by atoms with Crippen LogP contribution in [0.15, 0.2) is 47.0 Å². The Balaban J connectivity index is 1.96. The second-order valence-electron chi connectivity index (χ2n) is 7.41. The molecular formula is C24H20Cl3N3O5S. The fourth-order valence-corrected chi connectivity index (χ4v) is 5.18. The molecule has 0 fully saturated rings. The summed E-state index contributed by atoms with van der Waals surface area (Å²) in [4.78, 5) is 38.0. The van der Waals surface area contributed by atoms with Gasteiger partial charge < -0.3 is 20.1 Å². The normalized spacial score (nSPS) is 17.2. The first-order valence-corrected chi connectivity index (χ1v) is 12.6. The zero-order valence-electron chi connectivity index (χ0n) is 19.1. The lowest BCUT2D eigenvalue weighted by molar-refractivity contribution is -0.150. The number of methoxy groups -OCH3 is 1. The van der Waals surface area contributed by atoms with Crippen molar-refractivity contribution in [3.63, 3.8) is 0 Å². The number of halogens is 3. The molecule has 0 spiro atoms. The molecule has 188 valence electrons. The van der Waals surface area contributed by atoms with E-state index in [2.05, 4.69) is 16.7 Å². The first kappa shape index (κ1) is 27.7. The van der Waals surface area contributed by atoms with Crippen LogP contribution in [-0.4, -0.2) is 37.3 Å². The summed E-state index contributed by atoms with van der Waals surface area (Å²) < 4.78 is 10.3. The van der Waals surface area contributed by atoms with Gasteiger partial charge in [0.2, 0.25) is 11.8 Å². The molecule has 2 atom stereocenters. The lowest BCUT2D eigenvalue weighted by Gasteiger charge is -2.31. The van der Waals surface area contributed by atoms with E-state index in [1.807, 2.05) is 0 Å². The molecule has 0 saturated carbocycles. The molecule has 0 unspecified atom stereocenters. The molecule has 2 aromatic rings. The van der Waals surface area contributed by atoms with E-state index in [0.29, 0.717) is 22.9 Å². The monoisotopic (exact) mass is 567 g/mol. The number of hydrogen-bond acceptors (Lipinski definition) is 7. The first-order valence-electron chi connectivity index (χ1n) is 10.5. The molecule has 2 amide bonds. The minimum absolute atomic E-state index is 0.0607. The topological polar surface area (TPSA) is 118 Å². The summed E-state index contributed by atoms with van der Waals surface area (Å²) >= 11 is 19.5. The van der Waals surface area contributed by atoms with Crippen molar-refractivity contribution in [3.05, 3.63) is 67.6 Å². The highest BCUT2D eigenvalue weighted by atomic mass is 35.5. The Hall–Kier alpha value is -2.90. The predicted molar refractivity (Wildman–Crippen MR) is 139 cm³/mol. The Morgan fingerprint density at radius 1 is 1.17 bits per heavy atom. The summed E-state index contributed by atoms with van der Waals surface area (Å²) in [6.45, 7) is 2.08. The molecule has 36 heavy (non-hydrogen) atoms. The van der Waals surface area contributed by atoms with Crippen LogP contribution in [0, 0.1) is 17.2 Å². The van der Waals surface area contributed by atoms with Gasteiger partial charge in [-0.25, -0.2) is 0 Å². The van der Waals surface area contributed by atoms with E-state index >= 15 is 0 Å². The number of thioether (sulfide) groups is 1. The highest BCUT2D eigenvalue weighted by molar-refractivity contribution is 8.03. The van der Waals surface area contributed by atoms with Crippen LogP contribution < -0.4 is 15.4 Å². The molecule has 8 nitrogen and oxygen atoms in total. The highest BCUT2D eigenvalue weighted by Gasteiger charge is 2.44. The number of carbonyl (C=O) groups is 3. The van der Waals surface area contributed by atoms with E-state index in [0.717, 1.165) is 18.9 Å². The van der Waals surface area contributed by atoms with Crippen molar-refractivity contribution in [2.45, 2.75) is 12.8 Å². The van der Waals surface area contributed by atoms with Crippen molar-refractivity contribution >= 4 is 70.0 Å². The Morgan fingerprint density at radius 3 is 2.36 bits per heavy atom. The first-order chi connectivity index (χ1) is 17.2. The SMILES string of the molecule is CCOc1c(Cl)cc([C@H]2C(C#N)=C(SCC(=O)Nc3ccc(Cl)cc3)NC(=O)[C@@H]2C(=O)OC)cc1Cl. The number of hydrogen-bond donors (Lipinski definition) is 2. The molecule has 1 aliphatic rings. The van der Waals surface area contributed by atoms with Gasteiger partial charge in [-0.1, -0.05) is 46.6 Å². The number of amides is 2. The molecule has 2 aromatic carbocycles. The number of carbonyl (C=O) groups excluding carboxylic acids is 3. The van der Waals surface area contributed by atoms with Gasteiger partial charge in [0, 0.05) is 16.6 Å². The van der Waals surface area contributed by atoms with Crippen molar-refractivity contribution in [3.8, 4) is 11.8 Å². The molecular weight excluding hydrogens is 549 g/mol. The Morgan fingerprint density at radius 2 is 1.81 bits per heavy atom. The fourth-order valence-electron chi connectivity index (χ4n) is 3.59. The van der Waals surface area contributed by atoms with Gasteiger partial charge in [-0.05, 0) is 48.9 Å². The summed E-state index contributed by atoms with van der Waals surface area (Å²) in [6, 6.07) is 11.6. The largest absolute Gasteiger partial charge is 0.491 e. The third-order valence-electron chi connectivity index (χ3n) is 5.13. The molecule has 0 aromatic heterocycles. The van der Waals surface area contributed by atoms with E-state index in [4.69, 9.17) is 44.3 Å². The smallest absolute Gasteiger partial charge is 0.319 e. The van der Waals surface area contributed by atoms with Crippen molar-refractivity contribution in [1.82, 2.24) is 5.32 Å². The molecule has 2 N–H and O–H groups in total. The number of rotatable bonds is 8. The zero-order valence-corrected chi connectivity index (χ0v) is 22.1. The van der Waals surface area contributed by atoms with Gasteiger partial charge in [-0.2, -0.15) is 5.26 Å². The van der Waals surface area contributed by atoms with E-state index in [-0.39, 0.29) is 38.1 Å². The maximum absolute atomic E-state index is 13.0. The molecule has 0 saturated heterocycles. The van der Waals surface area contributed by atoms with Gasteiger partial charge in [0.1, 0.15) is 5.92 Å². The number of nitrogens with one attached hydrogen (secondary N) is 2. The van der Waals surface area contributed by atoms with E-state index < -0.39 is 23.7 Å². The maximum Gasteiger partial charge on any atom is 0.319 e. The number of allylic oxidation sites excluding steroid dienone is 1. The van der Waals surface area contributed by atoms with Crippen molar-refractivity contribution in [2.24, 2.45) is 5.92 Å². The van der Waals surface area contributed by atoms with Gasteiger partial charge in [0.15, 0.2) is 5.75 Å². The molecule has 1 aliphatic heterocycles. The predicted octanol–water partition coefficient (Wildman–Crippen LogP) is 5.16. The van der Waals surface area contributed by atoms with Crippen molar-refractivity contribution in [1.29, 1.82) is 5.26 Å². The minimum atomic E-state index is -1.37. The molecule has 1 heterocycles. The summed E-state index contributed by atoms with van der Waals surface area (Å²) in [6.07, 6.45) is 0. The average molecular weight is 569 g/mol. The summed E-state index contributed by atoms with van der Waals surface area (Å²) in [5, 5.41) is 16.3. The van der Waals surface area contributed by atoms with Crippen LogP contribution in [0.1, 0.15) is 18.4 Å². The number of anilines is 1. The van der Waals surface area contributed by atoms with Crippen LogP contribution in [0.2, 0.25) is 15.1 Å². The summed E-state index contributed by atoms with van der Waals surface area (Å²) in [5.74, 6) is -4.20. The number of ether oxygens (including phenoxy) is 2. The molecule has 0 bridgehead atoms. The zero-order chi connectivity index (χ0) is 26.4. The lowest BCUT2D eigenvalue weighted by atomic mass is 9.78. The van der Waals surface area contributed by atoms with Crippen LogP contribution in [0.4, 0.5) is 5.69 Å². The van der Waals surface area contributed by atoms with Crippen molar-refractivity contribution < 1.29 is 23.9 Å². The van der Waals surface area contributed by atoms with Crippen molar-refractivity contribution in [2.75, 3.05) is 24.8 Å². The molecule has 12 heteroatoms. The van der Waals surface area contributed by atoms with E-state index in [9.17, 15) is 19.6 Å². The van der Waals surface area contributed by atoms with Crippen LogP contribution in [-0.2, 0) is 19.1 Å². The van der Waals surface area contributed by atoms with Gasteiger partial charge >= 0.3 is 5.97 Å². The van der Waals surface area contributed by atoms with Gasteiger partial charge in [-0.3, -0.25) is 14.4 Å². The highest BCUT2D eigenvalue weighted by Crippen LogP contribution is 2.44. The van der Waals surface area contributed by atoms with E-state index in [1.165, 1.54) is 12.1 Å². The number of esters is 1. The molecule has 0 radical (unpaired) electrons. The summed E-state index contributed by atoms with van der Waals surface area (Å²) in [7, 11) is 1.14. The van der Waals surface area contributed by atoms with Crippen LogP contribution in [0.5, 0.6) is 5.75 Å². The third kappa shape index (κ3) is 6.26. The maximum atomic E-state index is 13.0. The van der Waals surface area contributed by atoms with E-state index in [1.54, 1.807) is 31.2 Å². The average Bonchev–Trinajstić information content (AvgIpc) is 2.85. The fraction of sp³-hybridized carbons (Fsp3) is 0.250. The van der Waals surface area contributed by atoms with Gasteiger partial charge in [0.25, 0.3) is 0 Å². The Kier molecular flexibility index (Phi) is 9.51. The second-order valence-corrected chi connectivity index (χ2v) is 9.65. The third-order valence-corrected chi connectivity index (χ3v) is 6.96. The van der Waals surface area contributed by atoms with Crippen LogP contribution >= 0.6 is 46.6 Å².